The van der Waals surface area contributed by atoms with Crippen LogP contribution >= 0.6 is 23.1 Å². The minimum atomic E-state index is -0.324. The van der Waals surface area contributed by atoms with E-state index in [0.717, 1.165) is 27.5 Å². The molecular formula is C23H20N4OS2. The molecule has 30 heavy (non-hydrogen) atoms. The molecule has 2 aromatic heterocycles. The maximum Gasteiger partial charge on any atom is 0.239 e. The van der Waals surface area contributed by atoms with Crippen molar-refractivity contribution in [2.75, 3.05) is 5.32 Å². The Bertz CT molecular complexity index is 1140. The highest BCUT2D eigenvalue weighted by atomic mass is 32.2. The van der Waals surface area contributed by atoms with Crippen LogP contribution in [0.2, 0.25) is 0 Å². The average Bonchev–Trinajstić information content (AvgIpc) is 3.23. The van der Waals surface area contributed by atoms with E-state index >= 15 is 0 Å². The van der Waals surface area contributed by atoms with Crippen molar-refractivity contribution < 1.29 is 4.79 Å². The summed E-state index contributed by atoms with van der Waals surface area (Å²) in [7, 11) is 0. The molecule has 0 radical (unpaired) electrons. The lowest BCUT2D eigenvalue weighted by molar-refractivity contribution is -0.115. The van der Waals surface area contributed by atoms with E-state index in [-0.39, 0.29) is 11.2 Å². The summed E-state index contributed by atoms with van der Waals surface area (Å²) in [5.74, 6) is -0.107. The number of carbonyl (C=O) groups excluding carboxylic acids is 1. The lowest BCUT2D eigenvalue weighted by Gasteiger charge is -2.10. The Kier molecular flexibility index (Phi) is 6.21. The normalized spacial score (nSPS) is 11.8. The highest BCUT2D eigenvalue weighted by Crippen LogP contribution is 2.28. The van der Waals surface area contributed by atoms with Gasteiger partial charge in [0.1, 0.15) is 11.4 Å². The molecule has 0 aliphatic heterocycles. The molecule has 4 aromatic rings. The van der Waals surface area contributed by atoms with Crippen molar-refractivity contribution in [3.8, 4) is 22.5 Å². The fraction of sp³-hybridized carbons (Fsp3) is 0.130. The molecule has 0 saturated carbocycles. The lowest BCUT2D eigenvalue weighted by atomic mass is 10.1. The topological polar surface area (TPSA) is 67.8 Å². The number of hydrogen-bond donors (Lipinski definition) is 1. The zero-order valence-corrected chi connectivity index (χ0v) is 18.2. The molecule has 7 heteroatoms. The van der Waals surface area contributed by atoms with E-state index in [1.54, 1.807) is 0 Å². The second-order valence-corrected chi connectivity index (χ2v) is 8.98. The monoisotopic (exact) mass is 432 g/mol. The number of thiazole rings is 1. The molecule has 1 amide bonds. The molecule has 1 unspecified atom stereocenters. The molecule has 150 valence electrons. The summed E-state index contributed by atoms with van der Waals surface area (Å²) in [4.78, 5) is 25.8. The number of hydrogen-bond acceptors (Lipinski definition) is 6. The number of amides is 1. The third kappa shape index (κ3) is 4.93. The minimum absolute atomic E-state index is 0.107. The number of carbonyl (C=O) groups is 1. The molecule has 0 aliphatic rings. The van der Waals surface area contributed by atoms with Crippen LogP contribution in [0.3, 0.4) is 0 Å². The number of benzene rings is 2. The quantitative estimate of drug-likeness (QED) is 0.313. The second-order valence-electron chi connectivity index (χ2n) is 6.76. The van der Waals surface area contributed by atoms with Crippen LogP contribution in [0.4, 0.5) is 5.13 Å². The number of thioether (sulfide) groups is 1. The van der Waals surface area contributed by atoms with Gasteiger partial charge in [-0.2, -0.15) is 0 Å². The van der Waals surface area contributed by atoms with Gasteiger partial charge in [-0.15, -0.1) is 11.3 Å². The predicted octanol–water partition coefficient (Wildman–Crippen LogP) is 5.69. The van der Waals surface area contributed by atoms with Gasteiger partial charge in [0.25, 0.3) is 0 Å². The molecule has 4 rings (SSSR count). The Morgan fingerprint density at radius 3 is 2.50 bits per heavy atom. The molecule has 0 aliphatic carbocycles. The molecule has 5 nitrogen and oxygen atoms in total. The summed E-state index contributed by atoms with van der Waals surface area (Å²) in [6, 6.07) is 20.0. The Balaban J connectivity index is 1.40. The average molecular weight is 433 g/mol. The fourth-order valence-electron chi connectivity index (χ4n) is 2.80. The first-order valence-corrected chi connectivity index (χ1v) is 11.2. The molecular weight excluding hydrogens is 412 g/mol. The van der Waals surface area contributed by atoms with Crippen LogP contribution in [-0.4, -0.2) is 26.1 Å². The van der Waals surface area contributed by atoms with Crippen molar-refractivity contribution in [1.29, 1.82) is 0 Å². The van der Waals surface area contributed by atoms with Gasteiger partial charge in [0, 0.05) is 16.5 Å². The minimum Gasteiger partial charge on any atom is -0.301 e. The van der Waals surface area contributed by atoms with Crippen LogP contribution in [-0.2, 0) is 4.79 Å². The largest absolute Gasteiger partial charge is 0.301 e. The highest BCUT2D eigenvalue weighted by Gasteiger charge is 2.17. The first kappa shape index (κ1) is 20.3. The van der Waals surface area contributed by atoms with E-state index in [1.807, 2.05) is 60.8 Å². The molecule has 0 bridgehead atoms. The summed E-state index contributed by atoms with van der Waals surface area (Å²) in [6.45, 7) is 3.91. The van der Waals surface area contributed by atoms with Crippen molar-refractivity contribution in [3.05, 3.63) is 77.9 Å². The summed E-state index contributed by atoms with van der Waals surface area (Å²) < 4.78 is 0. The van der Waals surface area contributed by atoms with Crippen LogP contribution in [0.1, 0.15) is 12.5 Å². The van der Waals surface area contributed by atoms with E-state index in [4.69, 9.17) is 0 Å². The van der Waals surface area contributed by atoms with Gasteiger partial charge in [-0.05, 0) is 19.9 Å². The number of aromatic nitrogens is 3. The summed E-state index contributed by atoms with van der Waals surface area (Å²) in [6.07, 6.45) is 1.53. The van der Waals surface area contributed by atoms with Gasteiger partial charge < -0.3 is 5.32 Å². The highest BCUT2D eigenvalue weighted by molar-refractivity contribution is 8.00. The Hall–Kier alpha value is -3.03. The van der Waals surface area contributed by atoms with Crippen LogP contribution in [0.15, 0.2) is 77.4 Å². The maximum atomic E-state index is 12.7. The van der Waals surface area contributed by atoms with Crippen LogP contribution < -0.4 is 5.32 Å². The van der Waals surface area contributed by atoms with Crippen molar-refractivity contribution in [3.63, 3.8) is 0 Å². The van der Waals surface area contributed by atoms with Gasteiger partial charge in [0.2, 0.25) is 5.91 Å². The number of rotatable bonds is 6. The molecule has 1 N–H and O–H groups in total. The standard InChI is InChI=1S/C23H20N4OS2/c1-15-8-10-18(11-9-15)20-13-29-23(26-20)27-22(28)16(2)30-21-12-19(24-14-25-21)17-6-4-3-5-7-17/h3-14,16H,1-2H3,(H,26,27,28). The Labute approximate surface area is 183 Å². The van der Waals surface area contributed by atoms with Crippen molar-refractivity contribution in [2.45, 2.75) is 24.1 Å². The van der Waals surface area contributed by atoms with Gasteiger partial charge >= 0.3 is 0 Å². The van der Waals surface area contributed by atoms with Crippen LogP contribution in [0.5, 0.6) is 0 Å². The molecule has 1 atom stereocenters. The summed E-state index contributed by atoms with van der Waals surface area (Å²) in [5, 5.41) is 5.89. The summed E-state index contributed by atoms with van der Waals surface area (Å²) in [5.41, 5.74) is 4.95. The van der Waals surface area contributed by atoms with Gasteiger partial charge in [0.15, 0.2) is 5.13 Å². The predicted molar refractivity (Wildman–Crippen MR) is 124 cm³/mol. The number of anilines is 1. The molecule has 2 aromatic carbocycles. The van der Waals surface area contributed by atoms with E-state index in [0.29, 0.717) is 5.13 Å². The van der Waals surface area contributed by atoms with E-state index in [9.17, 15) is 4.79 Å². The number of nitrogens with zero attached hydrogens (tertiary/aromatic N) is 3. The Morgan fingerprint density at radius 1 is 1.00 bits per heavy atom. The lowest BCUT2D eigenvalue weighted by Crippen LogP contribution is -2.22. The Morgan fingerprint density at radius 2 is 1.73 bits per heavy atom. The summed E-state index contributed by atoms with van der Waals surface area (Å²) >= 11 is 2.82. The van der Waals surface area contributed by atoms with E-state index < -0.39 is 0 Å². The number of aryl methyl sites for hydroxylation is 1. The molecule has 2 heterocycles. The third-order valence-corrected chi connectivity index (χ3v) is 6.25. The van der Waals surface area contributed by atoms with Gasteiger partial charge in [-0.25, -0.2) is 15.0 Å². The van der Waals surface area contributed by atoms with Crippen LogP contribution in [0.25, 0.3) is 22.5 Å². The van der Waals surface area contributed by atoms with E-state index in [1.165, 1.54) is 35.0 Å². The van der Waals surface area contributed by atoms with Gasteiger partial charge in [0.05, 0.1) is 16.6 Å². The first-order chi connectivity index (χ1) is 14.6. The number of nitrogens with one attached hydrogen (secondary N) is 1. The molecule has 0 spiro atoms. The molecule has 0 fully saturated rings. The second kappa shape index (κ2) is 9.19. The van der Waals surface area contributed by atoms with Gasteiger partial charge in [-0.1, -0.05) is 71.9 Å². The zero-order chi connectivity index (χ0) is 20.9. The first-order valence-electron chi connectivity index (χ1n) is 9.46. The van der Waals surface area contributed by atoms with Crippen LogP contribution in [0, 0.1) is 6.92 Å². The SMILES string of the molecule is Cc1ccc(-c2csc(NC(=O)C(C)Sc3cc(-c4ccccc4)ncn3)n2)cc1. The van der Waals surface area contributed by atoms with Crippen molar-refractivity contribution in [2.24, 2.45) is 0 Å². The van der Waals surface area contributed by atoms with Crippen molar-refractivity contribution in [1.82, 2.24) is 15.0 Å². The third-order valence-electron chi connectivity index (χ3n) is 4.46. The fourth-order valence-corrected chi connectivity index (χ4v) is 4.34. The van der Waals surface area contributed by atoms with Gasteiger partial charge in [-0.3, -0.25) is 4.79 Å². The van der Waals surface area contributed by atoms with Crippen molar-refractivity contribution >= 4 is 34.1 Å². The smallest absolute Gasteiger partial charge is 0.239 e. The molecule has 0 saturated heterocycles. The van der Waals surface area contributed by atoms with E-state index in [2.05, 4.69) is 39.3 Å². The zero-order valence-electron chi connectivity index (χ0n) is 16.6. The maximum absolute atomic E-state index is 12.7.